The molecule has 49 heavy (non-hydrogen) atoms. The number of carbonyl (C=O) groups is 4. The van der Waals surface area contributed by atoms with E-state index in [1.165, 1.54) is 128 Å². The first-order valence-electron chi connectivity index (χ1n) is 20.5. The number of rotatable bonds is 38. The number of hydrogen-bond donors (Lipinski definition) is 3. The topological polar surface area (TPSA) is 136 Å². The second-order valence-electron chi connectivity index (χ2n) is 14.6. The summed E-state index contributed by atoms with van der Waals surface area (Å²) in [7, 11) is 0. The Balaban J connectivity index is 4.17. The van der Waals surface area contributed by atoms with E-state index in [2.05, 4.69) is 24.5 Å². The average Bonchev–Trinajstić information content (AvgIpc) is 3.04. The maximum absolute atomic E-state index is 12.4. The number of carboxylic acids is 2. The van der Waals surface area contributed by atoms with Gasteiger partial charge in [0, 0.05) is 12.8 Å². The van der Waals surface area contributed by atoms with Gasteiger partial charge in [-0.05, 0) is 12.8 Å². The zero-order chi connectivity index (χ0) is 36.3. The van der Waals surface area contributed by atoms with Crippen molar-refractivity contribution < 1.29 is 33.9 Å². The molecule has 0 aromatic heterocycles. The molecule has 0 spiro atoms. The standard InChI is InChI=1S/C40H77N3O6/c1-3-5-7-9-11-13-15-16-17-18-20-22-24-26-28-30-38(45)42-32-34-43(35-39(46)47,36-40(48)49)33-31-41-37(44)29-27-25-23-21-19-14-12-10-8-6-4-2/h3-36H2,1-2H3,(H3-,41,42,44,45,46,47,48,49). The number of nitrogens with zero attached hydrogens (tertiary/aromatic N) is 1. The number of hydrogen-bond acceptors (Lipinski definition) is 5. The molecule has 9 heteroatoms. The number of amides is 2. The van der Waals surface area contributed by atoms with Gasteiger partial charge < -0.3 is 30.1 Å². The van der Waals surface area contributed by atoms with Gasteiger partial charge in [-0.3, -0.25) is 9.59 Å². The third kappa shape index (κ3) is 32.8. The van der Waals surface area contributed by atoms with Gasteiger partial charge in [0.1, 0.15) is 6.54 Å². The minimum atomic E-state index is -1.35. The summed E-state index contributed by atoms with van der Waals surface area (Å²) in [5.41, 5.74) is 0. The van der Waals surface area contributed by atoms with Gasteiger partial charge in [0.15, 0.2) is 6.54 Å². The van der Waals surface area contributed by atoms with Gasteiger partial charge in [-0.15, -0.1) is 0 Å². The molecule has 0 heterocycles. The molecule has 0 aliphatic rings. The van der Waals surface area contributed by atoms with Crippen LogP contribution in [0.4, 0.5) is 0 Å². The van der Waals surface area contributed by atoms with Gasteiger partial charge in [-0.1, -0.05) is 168 Å². The van der Waals surface area contributed by atoms with Gasteiger partial charge in [-0.25, -0.2) is 4.79 Å². The van der Waals surface area contributed by atoms with E-state index in [1.807, 2.05) is 0 Å². The summed E-state index contributed by atoms with van der Waals surface area (Å²) < 4.78 is -0.296. The molecule has 0 aliphatic heterocycles. The molecule has 0 aliphatic carbocycles. The van der Waals surface area contributed by atoms with Crippen LogP contribution < -0.4 is 15.7 Å². The largest absolute Gasteiger partial charge is 0.544 e. The highest BCUT2D eigenvalue weighted by Gasteiger charge is 2.30. The van der Waals surface area contributed by atoms with Crippen LogP contribution in [0.1, 0.15) is 194 Å². The van der Waals surface area contributed by atoms with Crippen LogP contribution in [0, 0.1) is 0 Å². The highest BCUT2D eigenvalue weighted by Crippen LogP contribution is 2.15. The van der Waals surface area contributed by atoms with Crippen molar-refractivity contribution in [2.75, 3.05) is 39.3 Å². The van der Waals surface area contributed by atoms with E-state index in [0.29, 0.717) is 12.8 Å². The molecule has 0 aromatic rings. The van der Waals surface area contributed by atoms with Gasteiger partial charge in [0.05, 0.1) is 32.1 Å². The van der Waals surface area contributed by atoms with Crippen LogP contribution in [0.5, 0.6) is 0 Å². The van der Waals surface area contributed by atoms with Crippen molar-refractivity contribution in [3.63, 3.8) is 0 Å². The van der Waals surface area contributed by atoms with Gasteiger partial charge >= 0.3 is 5.97 Å². The summed E-state index contributed by atoms with van der Waals surface area (Å²) in [4.78, 5) is 48.1. The predicted molar refractivity (Wildman–Crippen MR) is 199 cm³/mol. The Labute approximate surface area is 300 Å². The number of carbonyl (C=O) groups excluding carboxylic acids is 3. The van der Waals surface area contributed by atoms with E-state index in [0.717, 1.165) is 38.5 Å². The Morgan fingerprint density at radius 2 is 0.755 bits per heavy atom. The molecule has 288 valence electrons. The smallest absolute Gasteiger partial charge is 0.359 e. The zero-order valence-corrected chi connectivity index (χ0v) is 32.0. The van der Waals surface area contributed by atoms with Crippen LogP contribution in [0.25, 0.3) is 0 Å². The second kappa shape index (κ2) is 34.3. The molecular formula is C40H77N3O6. The van der Waals surface area contributed by atoms with Crippen molar-refractivity contribution >= 4 is 23.8 Å². The Bertz CT molecular complexity index is 806. The monoisotopic (exact) mass is 696 g/mol. The summed E-state index contributed by atoms with van der Waals surface area (Å²) in [5, 5.41) is 26.8. The lowest BCUT2D eigenvalue weighted by Crippen LogP contribution is -2.61. The van der Waals surface area contributed by atoms with Crippen LogP contribution in [0.15, 0.2) is 0 Å². The molecule has 0 radical (unpaired) electrons. The van der Waals surface area contributed by atoms with Crippen molar-refractivity contribution in [3.05, 3.63) is 0 Å². The van der Waals surface area contributed by atoms with Crippen molar-refractivity contribution in [2.24, 2.45) is 0 Å². The molecule has 1 unspecified atom stereocenters. The van der Waals surface area contributed by atoms with Gasteiger partial charge in [-0.2, -0.15) is 0 Å². The van der Waals surface area contributed by atoms with E-state index in [-0.39, 0.29) is 42.5 Å². The van der Waals surface area contributed by atoms with Crippen molar-refractivity contribution in [3.8, 4) is 0 Å². The lowest BCUT2D eigenvalue weighted by Gasteiger charge is -2.37. The molecule has 0 bridgehead atoms. The first kappa shape index (κ1) is 46.8. The number of quaternary nitrogens is 1. The molecule has 0 aromatic carbocycles. The number of unbranched alkanes of at least 4 members (excludes halogenated alkanes) is 24. The van der Waals surface area contributed by atoms with E-state index in [9.17, 15) is 29.4 Å². The lowest BCUT2D eigenvalue weighted by molar-refractivity contribution is -0.913. The van der Waals surface area contributed by atoms with Crippen LogP contribution in [-0.2, 0) is 19.2 Å². The minimum absolute atomic E-state index is 0.100. The summed E-state index contributed by atoms with van der Waals surface area (Å²) in [6, 6.07) is 0. The van der Waals surface area contributed by atoms with Crippen molar-refractivity contribution in [1.29, 1.82) is 0 Å². The van der Waals surface area contributed by atoms with Crippen molar-refractivity contribution in [2.45, 2.75) is 194 Å². The van der Waals surface area contributed by atoms with Gasteiger partial charge in [0.25, 0.3) is 0 Å². The number of nitrogens with one attached hydrogen (secondary N) is 2. The molecule has 0 rings (SSSR count). The molecule has 3 N–H and O–H groups in total. The zero-order valence-electron chi connectivity index (χ0n) is 32.0. The Morgan fingerprint density at radius 1 is 0.469 bits per heavy atom. The summed E-state index contributed by atoms with van der Waals surface area (Å²) in [5.74, 6) is -2.68. The molecule has 1 atom stereocenters. The van der Waals surface area contributed by atoms with Crippen molar-refractivity contribution in [1.82, 2.24) is 10.6 Å². The lowest BCUT2D eigenvalue weighted by atomic mass is 10.0. The fraction of sp³-hybridized carbons (Fsp3) is 0.900. The number of carboxylic acid groups (broad SMARTS) is 2. The average molecular weight is 696 g/mol. The second-order valence-corrected chi connectivity index (χ2v) is 14.6. The van der Waals surface area contributed by atoms with Crippen LogP contribution in [0.2, 0.25) is 0 Å². The molecule has 2 amide bonds. The normalized spacial score (nSPS) is 12.4. The Kier molecular flexibility index (Phi) is 32.8. The highest BCUT2D eigenvalue weighted by molar-refractivity contribution is 5.76. The Hall–Kier alpha value is -2.16. The SMILES string of the molecule is CCCCCCCCCCCCCCCCCC(=O)NCC[N+](CCNC(=O)CCCCCCCCCCCCC)(CC(=O)[O-])CC(=O)O. The minimum Gasteiger partial charge on any atom is -0.544 e. The maximum atomic E-state index is 12.4. The molecule has 9 nitrogen and oxygen atoms in total. The molecular weight excluding hydrogens is 618 g/mol. The summed E-state index contributed by atoms with van der Waals surface area (Å²) in [6.45, 7) is 4.20. The third-order valence-corrected chi connectivity index (χ3v) is 9.77. The predicted octanol–water partition coefficient (Wildman–Crippen LogP) is 7.83. The van der Waals surface area contributed by atoms with E-state index in [4.69, 9.17) is 0 Å². The number of aliphatic carboxylic acids is 2. The first-order chi connectivity index (χ1) is 23.7. The Morgan fingerprint density at radius 3 is 1.02 bits per heavy atom. The van der Waals surface area contributed by atoms with Crippen LogP contribution >= 0.6 is 0 Å². The van der Waals surface area contributed by atoms with Gasteiger partial charge in [0.2, 0.25) is 11.8 Å². The molecule has 0 fully saturated rings. The van der Waals surface area contributed by atoms with Crippen LogP contribution in [-0.4, -0.2) is 72.6 Å². The van der Waals surface area contributed by atoms with E-state index < -0.39 is 25.0 Å². The highest BCUT2D eigenvalue weighted by atomic mass is 16.4. The summed E-state index contributed by atoms with van der Waals surface area (Å²) >= 11 is 0. The molecule has 0 saturated heterocycles. The summed E-state index contributed by atoms with van der Waals surface area (Å²) in [6.07, 6.45) is 33.0. The first-order valence-corrected chi connectivity index (χ1v) is 20.5. The fourth-order valence-corrected chi connectivity index (χ4v) is 6.69. The third-order valence-electron chi connectivity index (χ3n) is 9.77. The van der Waals surface area contributed by atoms with E-state index in [1.54, 1.807) is 0 Å². The molecule has 0 saturated carbocycles. The maximum Gasteiger partial charge on any atom is 0.359 e. The van der Waals surface area contributed by atoms with E-state index >= 15 is 0 Å². The van der Waals surface area contributed by atoms with Crippen LogP contribution in [0.3, 0.4) is 0 Å². The fourth-order valence-electron chi connectivity index (χ4n) is 6.69. The quantitative estimate of drug-likeness (QED) is 0.0445.